The fourth-order valence-corrected chi connectivity index (χ4v) is 1.76. The van der Waals surface area contributed by atoms with Gasteiger partial charge in [-0.1, -0.05) is 0 Å². The highest BCUT2D eigenvalue weighted by Crippen LogP contribution is 2.39. The lowest BCUT2D eigenvalue weighted by atomic mass is 10.2. The molecule has 0 aliphatic heterocycles. The van der Waals surface area contributed by atoms with Crippen LogP contribution in [0.2, 0.25) is 0 Å². The van der Waals surface area contributed by atoms with E-state index >= 15 is 0 Å². The molecule has 1 aromatic rings. The summed E-state index contributed by atoms with van der Waals surface area (Å²) >= 11 is 0. The summed E-state index contributed by atoms with van der Waals surface area (Å²) in [5.41, 5.74) is 0.758. The van der Waals surface area contributed by atoms with Crippen molar-refractivity contribution in [2.24, 2.45) is 0 Å². The van der Waals surface area contributed by atoms with Crippen molar-refractivity contribution in [3.8, 4) is 0 Å². The molecule has 1 heterocycles. The lowest BCUT2D eigenvalue weighted by Crippen LogP contribution is -2.27. The third-order valence-electron chi connectivity index (χ3n) is 3.11. The molecule has 5 nitrogen and oxygen atoms in total. The average molecular weight is 272 g/mol. The number of anilines is 2. The first-order valence-electron chi connectivity index (χ1n) is 6.29. The average Bonchev–Trinajstić information content (AvgIpc) is 3.21. The molecule has 0 aromatic carbocycles. The number of halogens is 2. The molecule has 0 saturated heterocycles. The van der Waals surface area contributed by atoms with Gasteiger partial charge in [-0.2, -0.15) is 0 Å². The predicted octanol–water partition coefficient (Wildman–Crippen LogP) is 1.74. The molecule has 7 heteroatoms. The molecular formula is C12H18F2N4O. The van der Waals surface area contributed by atoms with Crippen LogP contribution in [-0.4, -0.2) is 41.2 Å². The molecular weight excluding hydrogens is 254 g/mol. The van der Waals surface area contributed by atoms with Gasteiger partial charge in [0.2, 0.25) is 0 Å². The summed E-state index contributed by atoms with van der Waals surface area (Å²) in [6, 6.07) is 0. The summed E-state index contributed by atoms with van der Waals surface area (Å²) < 4.78 is 24.5. The summed E-state index contributed by atoms with van der Waals surface area (Å²) in [5, 5.41) is 14.9. The largest absolute Gasteiger partial charge is 0.385 e. The molecule has 1 unspecified atom stereocenters. The monoisotopic (exact) mass is 272 g/mol. The first kappa shape index (κ1) is 13.9. The molecule has 0 spiro atoms. The van der Waals surface area contributed by atoms with Gasteiger partial charge in [0, 0.05) is 25.1 Å². The Morgan fingerprint density at radius 3 is 2.47 bits per heavy atom. The number of hydrogen-bond donors (Lipinski definition) is 3. The lowest BCUT2D eigenvalue weighted by Gasteiger charge is -2.15. The summed E-state index contributed by atoms with van der Waals surface area (Å²) in [4.78, 5) is 8.76. The van der Waals surface area contributed by atoms with Crippen molar-refractivity contribution in [3.05, 3.63) is 11.4 Å². The van der Waals surface area contributed by atoms with E-state index in [9.17, 15) is 8.78 Å². The molecule has 0 amide bonds. The van der Waals surface area contributed by atoms with Gasteiger partial charge in [0.15, 0.2) is 0 Å². The van der Waals surface area contributed by atoms with E-state index in [-0.39, 0.29) is 6.54 Å². The molecule has 1 aliphatic carbocycles. The number of aliphatic hydroxyl groups is 1. The molecule has 1 atom stereocenters. The second kappa shape index (κ2) is 5.64. The van der Waals surface area contributed by atoms with Crippen molar-refractivity contribution in [2.45, 2.75) is 38.2 Å². The van der Waals surface area contributed by atoms with Crippen LogP contribution in [0.25, 0.3) is 0 Å². The van der Waals surface area contributed by atoms with Crippen LogP contribution in [0, 0.1) is 6.92 Å². The van der Waals surface area contributed by atoms with Gasteiger partial charge in [-0.15, -0.1) is 0 Å². The summed E-state index contributed by atoms with van der Waals surface area (Å²) in [5.74, 6) is 2.28. The Kier molecular flexibility index (Phi) is 4.14. The maximum atomic E-state index is 12.3. The number of aromatic nitrogens is 2. The molecule has 2 rings (SSSR count). The van der Waals surface area contributed by atoms with Gasteiger partial charge >= 0.3 is 0 Å². The van der Waals surface area contributed by atoms with Crippen molar-refractivity contribution in [3.63, 3.8) is 0 Å². The number of aliphatic hydroxyl groups excluding tert-OH is 1. The fraction of sp³-hybridized carbons (Fsp3) is 0.667. The minimum absolute atomic E-state index is 0.233. The molecule has 3 N–H and O–H groups in total. The Hall–Kier alpha value is -1.50. The quantitative estimate of drug-likeness (QED) is 0.736. The van der Waals surface area contributed by atoms with Gasteiger partial charge < -0.3 is 15.7 Å². The number of nitrogens with zero attached hydrogens (tertiary/aromatic N) is 2. The van der Waals surface area contributed by atoms with Crippen LogP contribution < -0.4 is 10.6 Å². The number of alkyl halides is 2. The molecule has 0 bridgehead atoms. The second-order valence-electron chi connectivity index (χ2n) is 4.71. The zero-order valence-corrected chi connectivity index (χ0v) is 11.0. The van der Waals surface area contributed by atoms with Gasteiger partial charge in [0.05, 0.1) is 0 Å². The highest BCUT2D eigenvalue weighted by atomic mass is 19.3. The first-order valence-corrected chi connectivity index (χ1v) is 6.29. The maximum Gasteiger partial charge on any atom is 0.265 e. The molecule has 1 fully saturated rings. The SMILES string of the molecule is CNc1nc(C2CC2)nc(NCC(O)C(F)F)c1C. The Labute approximate surface area is 110 Å². The van der Waals surface area contributed by atoms with Gasteiger partial charge in [0.25, 0.3) is 6.43 Å². The molecule has 1 aromatic heterocycles. The van der Waals surface area contributed by atoms with Gasteiger partial charge in [-0.25, -0.2) is 18.7 Å². The van der Waals surface area contributed by atoms with Crippen molar-refractivity contribution in [1.82, 2.24) is 9.97 Å². The Morgan fingerprint density at radius 1 is 1.32 bits per heavy atom. The summed E-state index contributed by atoms with van der Waals surface area (Å²) in [6.45, 7) is 1.57. The Balaban J connectivity index is 2.15. The fourth-order valence-electron chi connectivity index (χ4n) is 1.76. The van der Waals surface area contributed by atoms with E-state index in [0.717, 1.165) is 24.2 Å². The van der Waals surface area contributed by atoms with Crippen LogP contribution in [0.3, 0.4) is 0 Å². The zero-order valence-electron chi connectivity index (χ0n) is 11.0. The zero-order chi connectivity index (χ0) is 14.0. The maximum absolute atomic E-state index is 12.3. The number of nitrogens with one attached hydrogen (secondary N) is 2. The summed E-state index contributed by atoms with van der Waals surface area (Å²) in [7, 11) is 1.75. The minimum Gasteiger partial charge on any atom is -0.385 e. The number of rotatable bonds is 6. The number of hydrogen-bond acceptors (Lipinski definition) is 5. The second-order valence-corrected chi connectivity index (χ2v) is 4.71. The van der Waals surface area contributed by atoms with Crippen LogP contribution in [0.1, 0.15) is 30.1 Å². The van der Waals surface area contributed by atoms with E-state index in [1.54, 1.807) is 14.0 Å². The molecule has 106 valence electrons. The smallest absolute Gasteiger partial charge is 0.265 e. The van der Waals surface area contributed by atoms with E-state index in [1.165, 1.54) is 0 Å². The molecule has 0 radical (unpaired) electrons. The van der Waals surface area contributed by atoms with Crippen molar-refractivity contribution >= 4 is 11.6 Å². The lowest BCUT2D eigenvalue weighted by molar-refractivity contribution is 0.00380. The highest BCUT2D eigenvalue weighted by Gasteiger charge is 2.28. The minimum atomic E-state index is -2.76. The van der Waals surface area contributed by atoms with Crippen molar-refractivity contribution < 1.29 is 13.9 Å². The highest BCUT2D eigenvalue weighted by molar-refractivity contribution is 5.57. The topological polar surface area (TPSA) is 70.1 Å². The summed E-state index contributed by atoms with van der Waals surface area (Å²) in [6.07, 6.45) is -2.34. The normalized spacial score (nSPS) is 16.5. The van der Waals surface area contributed by atoms with E-state index in [4.69, 9.17) is 5.11 Å². The third kappa shape index (κ3) is 3.28. The van der Waals surface area contributed by atoms with Crippen LogP contribution in [0.4, 0.5) is 20.4 Å². The predicted molar refractivity (Wildman–Crippen MR) is 68.8 cm³/mol. The van der Waals surface area contributed by atoms with Crippen LogP contribution in [0.5, 0.6) is 0 Å². The van der Waals surface area contributed by atoms with Crippen LogP contribution in [-0.2, 0) is 0 Å². The molecule has 1 saturated carbocycles. The molecule has 1 aliphatic rings. The van der Waals surface area contributed by atoms with E-state index in [1.807, 2.05) is 0 Å². The van der Waals surface area contributed by atoms with Gasteiger partial charge in [-0.05, 0) is 19.8 Å². The van der Waals surface area contributed by atoms with E-state index in [0.29, 0.717) is 17.6 Å². The molecule has 19 heavy (non-hydrogen) atoms. The van der Waals surface area contributed by atoms with Gasteiger partial charge in [-0.3, -0.25) is 0 Å². The van der Waals surface area contributed by atoms with Gasteiger partial charge in [0.1, 0.15) is 23.6 Å². The Bertz CT molecular complexity index is 452. The third-order valence-corrected chi connectivity index (χ3v) is 3.11. The Morgan fingerprint density at radius 2 is 1.95 bits per heavy atom. The van der Waals surface area contributed by atoms with Crippen LogP contribution >= 0.6 is 0 Å². The van der Waals surface area contributed by atoms with Crippen molar-refractivity contribution in [1.29, 1.82) is 0 Å². The standard InChI is InChI=1S/C12H18F2N4O/c1-6-10(15-2)17-12(7-3-4-7)18-11(6)16-5-8(19)9(13)14/h7-9,19H,3-5H2,1-2H3,(H2,15,16,17,18). The van der Waals surface area contributed by atoms with Crippen molar-refractivity contribution in [2.75, 3.05) is 24.2 Å². The van der Waals surface area contributed by atoms with E-state index < -0.39 is 12.5 Å². The van der Waals surface area contributed by atoms with Crippen LogP contribution in [0.15, 0.2) is 0 Å². The van der Waals surface area contributed by atoms with E-state index in [2.05, 4.69) is 20.6 Å². The first-order chi connectivity index (χ1) is 9.02.